The number of nitrogens with zero attached hydrogens (tertiary/aromatic N) is 1. The highest BCUT2D eigenvalue weighted by Crippen LogP contribution is 2.52. The fourth-order valence-corrected chi connectivity index (χ4v) is 5.24. The third kappa shape index (κ3) is 2.67. The summed E-state index contributed by atoms with van der Waals surface area (Å²) >= 11 is 0. The van der Waals surface area contributed by atoms with Crippen LogP contribution in [0.2, 0.25) is 0 Å². The van der Waals surface area contributed by atoms with E-state index in [-0.39, 0.29) is 48.2 Å². The summed E-state index contributed by atoms with van der Waals surface area (Å²) in [5.41, 5.74) is 1.57. The SMILES string of the molecule is CCCc1cc2c(cc1NC(=O)C(C)N1C(=O)C3C4C=CC(C4)C3C1=O)OCO2. The lowest BCUT2D eigenvalue weighted by Gasteiger charge is -2.24. The van der Waals surface area contributed by atoms with E-state index in [9.17, 15) is 14.4 Å². The van der Waals surface area contributed by atoms with Crippen LogP contribution in [0.4, 0.5) is 5.69 Å². The fourth-order valence-electron chi connectivity index (χ4n) is 5.24. The van der Waals surface area contributed by atoms with Crippen molar-refractivity contribution < 1.29 is 23.9 Å². The van der Waals surface area contributed by atoms with Crippen LogP contribution in [0.1, 0.15) is 32.3 Å². The molecular formula is C22H24N2O5. The molecule has 0 radical (unpaired) electrons. The van der Waals surface area contributed by atoms with Crippen LogP contribution >= 0.6 is 0 Å². The van der Waals surface area contributed by atoms with Crippen molar-refractivity contribution in [2.75, 3.05) is 12.1 Å². The van der Waals surface area contributed by atoms with Gasteiger partial charge in [-0.15, -0.1) is 0 Å². The lowest BCUT2D eigenvalue weighted by Crippen LogP contribution is -2.46. The van der Waals surface area contributed by atoms with Gasteiger partial charge >= 0.3 is 0 Å². The van der Waals surface area contributed by atoms with E-state index < -0.39 is 6.04 Å². The first kappa shape index (κ1) is 18.2. The first-order valence-corrected chi connectivity index (χ1v) is 10.3. The Hall–Kier alpha value is -2.83. The molecule has 2 aliphatic heterocycles. The van der Waals surface area contributed by atoms with Gasteiger partial charge in [-0.2, -0.15) is 0 Å². The van der Waals surface area contributed by atoms with Crippen molar-refractivity contribution >= 4 is 23.4 Å². The Morgan fingerprint density at radius 2 is 1.76 bits per heavy atom. The van der Waals surface area contributed by atoms with Crippen molar-refractivity contribution in [3.05, 3.63) is 29.8 Å². The van der Waals surface area contributed by atoms with Gasteiger partial charge in [0.05, 0.1) is 11.8 Å². The Morgan fingerprint density at radius 3 is 2.38 bits per heavy atom. The molecule has 1 saturated heterocycles. The van der Waals surface area contributed by atoms with E-state index in [4.69, 9.17) is 9.47 Å². The number of benzene rings is 1. The number of likely N-dealkylation sites (tertiary alicyclic amines) is 1. The molecule has 7 nitrogen and oxygen atoms in total. The number of carbonyl (C=O) groups excluding carboxylic acids is 3. The molecule has 0 spiro atoms. The van der Waals surface area contributed by atoms with Gasteiger partial charge in [-0.3, -0.25) is 19.3 Å². The molecule has 7 heteroatoms. The summed E-state index contributed by atoms with van der Waals surface area (Å²) in [6.45, 7) is 3.83. The molecule has 5 rings (SSSR count). The van der Waals surface area contributed by atoms with E-state index in [0.717, 1.165) is 24.8 Å². The molecule has 1 N–H and O–H groups in total. The number of allylic oxidation sites excluding steroid dienone is 2. The minimum Gasteiger partial charge on any atom is -0.454 e. The van der Waals surface area contributed by atoms with Crippen molar-refractivity contribution in [1.29, 1.82) is 0 Å². The molecule has 4 aliphatic rings. The highest BCUT2D eigenvalue weighted by Gasteiger charge is 2.60. The van der Waals surface area contributed by atoms with Crippen LogP contribution in [-0.2, 0) is 20.8 Å². The number of fused-ring (bicyclic) bond motifs is 6. The number of anilines is 1. The zero-order valence-corrected chi connectivity index (χ0v) is 16.5. The number of hydrogen-bond acceptors (Lipinski definition) is 5. The van der Waals surface area contributed by atoms with E-state index in [1.807, 2.05) is 6.07 Å². The second-order valence-corrected chi connectivity index (χ2v) is 8.32. The largest absolute Gasteiger partial charge is 0.454 e. The fraction of sp³-hybridized carbons (Fsp3) is 0.500. The Labute approximate surface area is 169 Å². The Morgan fingerprint density at radius 1 is 1.14 bits per heavy atom. The van der Waals surface area contributed by atoms with Crippen LogP contribution in [0.15, 0.2) is 24.3 Å². The van der Waals surface area contributed by atoms with Crippen LogP contribution in [0.3, 0.4) is 0 Å². The molecule has 1 aromatic carbocycles. The van der Waals surface area contributed by atoms with Gasteiger partial charge < -0.3 is 14.8 Å². The number of amides is 3. The van der Waals surface area contributed by atoms with Gasteiger partial charge in [0.1, 0.15) is 6.04 Å². The van der Waals surface area contributed by atoms with Crippen molar-refractivity contribution in [3.8, 4) is 11.5 Å². The zero-order chi connectivity index (χ0) is 20.3. The summed E-state index contributed by atoms with van der Waals surface area (Å²) in [5, 5.41) is 2.91. The maximum Gasteiger partial charge on any atom is 0.247 e. The second kappa shape index (κ2) is 6.61. The number of hydrogen-bond donors (Lipinski definition) is 1. The molecule has 1 aromatic rings. The van der Waals surface area contributed by atoms with E-state index in [1.54, 1.807) is 13.0 Å². The lowest BCUT2D eigenvalue weighted by molar-refractivity contribution is -0.146. The standard InChI is InChI=1S/C22H24N2O5/c1-3-4-12-8-16-17(29-10-28-16)9-15(12)23-20(25)11(2)24-21(26)18-13-5-6-14(7-13)19(18)22(24)27/h5-6,8-9,11,13-14,18-19H,3-4,7,10H2,1-2H3,(H,23,25). The average molecular weight is 396 g/mol. The average Bonchev–Trinajstić information content (AvgIpc) is 3.46. The number of nitrogens with one attached hydrogen (secondary N) is 1. The Kier molecular flexibility index (Phi) is 4.15. The second-order valence-electron chi connectivity index (χ2n) is 8.32. The predicted octanol–water partition coefficient (Wildman–Crippen LogP) is 2.50. The third-order valence-corrected chi connectivity index (χ3v) is 6.65. The van der Waals surface area contributed by atoms with E-state index in [1.165, 1.54) is 4.90 Å². The molecule has 2 bridgehead atoms. The highest BCUT2D eigenvalue weighted by molar-refractivity contribution is 6.10. The number of ether oxygens (including phenoxy) is 2. The minimum absolute atomic E-state index is 0.131. The topological polar surface area (TPSA) is 84.9 Å². The van der Waals surface area contributed by atoms with Crippen molar-refractivity contribution in [2.24, 2.45) is 23.7 Å². The van der Waals surface area contributed by atoms with Crippen LogP contribution in [-0.4, -0.2) is 35.5 Å². The number of rotatable bonds is 5. The van der Waals surface area contributed by atoms with Gasteiger partial charge in [-0.25, -0.2) is 0 Å². The van der Waals surface area contributed by atoms with Crippen LogP contribution in [0, 0.1) is 23.7 Å². The molecular weight excluding hydrogens is 372 g/mol. The lowest BCUT2D eigenvalue weighted by atomic mass is 9.85. The van der Waals surface area contributed by atoms with E-state index in [2.05, 4.69) is 24.4 Å². The number of carbonyl (C=O) groups is 3. The van der Waals surface area contributed by atoms with Gasteiger partial charge in [0.25, 0.3) is 0 Å². The van der Waals surface area contributed by atoms with Crippen LogP contribution in [0.25, 0.3) is 0 Å². The molecule has 0 aromatic heterocycles. The van der Waals surface area contributed by atoms with Crippen LogP contribution in [0.5, 0.6) is 11.5 Å². The quantitative estimate of drug-likeness (QED) is 0.611. The van der Waals surface area contributed by atoms with Crippen LogP contribution < -0.4 is 14.8 Å². The molecule has 5 unspecified atom stereocenters. The number of imide groups is 1. The maximum absolute atomic E-state index is 13.0. The summed E-state index contributed by atoms with van der Waals surface area (Å²) in [7, 11) is 0. The summed E-state index contributed by atoms with van der Waals surface area (Å²) in [6.07, 6.45) is 6.64. The monoisotopic (exact) mass is 396 g/mol. The molecule has 2 aliphatic carbocycles. The first-order chi connectivity index (χ1) is 14.0. The van der Waals surface area contributed by atoms with Crippen molar-refractivity contribution in [2.45, 2.75) is 39.2 Å². The maximum atomic E-state index is 13.0. The van der Waals surface area contributed by atoms with Crippen molar-refractivity contribution in [1.82, 2.24) is 4.90 Å². The smallest absolute Gasteiger partial charge is 0.247 e. The summed E-state index contributed by atoms with van der Waals surface area (Å²) in [5.74, 6) is 0.126. The molecule has 2 heterocycles. The first-order valence-electron chi connectivity index (χ1n) is 10.3. The minimum atomic E-state index is -0.861. The van der Waals surface area contributed by atoms with Gasteiger partial charge in [0.2, 0.25) is 24.5 Å². The van der Waals surface area contributed by atoms with Crippen molar-refractivity contribution in [3.63, 3.8) is 0 Å². The molecule has 3 amide bonds. The molecule has 29 heavy (non-hydrogen) atoms. The van der Waals surface area contributed by atoms with E-state index in [0.29, 0.717) is 17.2 Å². The molecule has 5 atom stereocenters. The summed E-state index contributed by atoms with van der Waals surface area (Å²) in [4.78, 5) is 40.1. The predicted molar refractivity (Wildman–Crippen MR) is 104 cm³/mol. The third-order valence-electron chi connectivity index (χ3n) is 6.65. The normalized spacial score (nSPS) is 29.5. The summed E-state index contributed by atoms with van der Waals surface area (Å²) in [6, 6.07) is 2.77. The van der Waals surface area contributed by atoms with E-state index >= 15 is 0 Å². The van der Waals surface area contributed by atoms with Gasteiger partial charge in [-0.05, 0) is 43.2 Å². The Balaban J connectivity index is 1.37. The van der Waals surface area contributed by atoms with Gasteiger partial charge in [0.15, 0.2) is 11.5 Å². The highest BCUT2D eigenvalue weighted by atomic mass is 16.7. The summed E-state index contributed by atoms with van der Waals surface area (Å²) < 4.78 is 10.9. The molecule has 2 fully saturated rings. The molecule has 152 valence electrons. The van der Waals surface area contributed by atoms with Gasteiger partial charge in [0, 0.05) is 11.8 Å². The Bertz CT molecular complexity index is 909. The zero-order valence-electron chi connectivity index (χ0n) is 16.5. The molecule has 1 saturated carbocycles. The van der Waals surface area contributed by atoms with Gasteiger partial charge in [-0.1, -0.05) is 25.5 Å². The number of aryl methyl sites for hydroxylation is 1.